The van der Waals surface area contributed by atoms with Crippen LogP contribution >= 0.6 is 0 Å². The number of aliphatic hydroxyl groups excluding tert-OH is 1. The quantitative estimate of drug-likeness (QED) is 0.707. The second kappa shape index (κ2) is 4.43. The zero-order chi connectivity index (χ0) is 12.6. The minimum absolute atomic E-state index is 0.0298. The van der Waals surface area contributed by atoms with Gasteiger partial charge in [0.2, 0.25) is 0 Å². The molecule has 16 heavy (non-hydrogen) atoms. The third-order valence-corrected chi connectivity index (χ3v) is 2.65. The van der Waals surface area contributed by atoms with Gasteiger partial charge in [0.05, 0.1) is 6.10 Å². The molecule has 0 aromatic heterocycles. The van der Waals surface area contributed by atoms with Crippen LogP contribution in [0.4, 0.5) is 26.3 Å². The lowest BCUT2D eigenvalue weighted by Gasteiger charge is -2.35. The summed E-state index contributed by atoms with van der Waals surface area (Å²) in [7, 11) is 0. The number of halogens is 6. The Labute approximate surface area is 88.4 Å². The molecule has 1 unspecified atom stereocenters. The normalized spacial score (nSPS) is 25.1. The molecule has 0 amide bonds. The van der Waals surface area contributed by atoms with E-state index in [0.29, 0.717) is 6.42 Å². The summed E-state index contributed by atoms with van der Waals surface area (Å²) < 4.78 is 73.9. The van der Waals surface area contributed by atoms with Crippen LogP contribution in [0.5, 0.6) is 0 Å². The lowest BCUT2D eigenvalue weighted by atomic mass is 9.77. The average molecular weight is 249 g/mol. The number of alkyl halides is 6. The van der Waals surface area contributed by atoms with Crippen molar-refractivity contribution in [3.05, 3.63) is 5.92 Å². The molecule has 1 atom stereocenters. The van der Waals surface area contributed by atoms with Crippen molar-refractivity contribution in [1.29, 1.82) is 0 Å². The molecular formula is C9H11F6O. The molecule has 1 nitrogen and oxygen atoms in total. The zero-order valence-corrected chi connectivity index (χ0v) is 8.20. The molecule has 1 N–H and O–H groups in total. The number of hydrogen-bond acceptors (Lipinski definition) is 1. The Hall–Kier alpha value is -0.460. The van der Waals surface area contributed by atoms with Gasteiger partial charge < -0.3 is 5.11 Å². The SMILES string of the molecule is OC1CCCC[C]1C(C(F)(F)F)C(F)(F)F. The molecule has 1 aliphatic carbocycles. The molecule has 0 heterocycles. The second-order valence-electron chi connectivity index (χ2n) is 3.85. The molecule has 1 radical (unpaired) electrons. The van der Waals surface area contributed by atoms with Crippen molar-refractivity contribution < 1.29 is 31.4 Å². The molecule has 0 aromatic carbocycles. The molecule has 0 spiro atoms. The van der Waals surface area contributed by atoms with E-state index in [4.69, 9.17) is 0 Å². The molecule has 0 aromatic rings. The van der Waals surface area contributed by atoms with Crippen molar-refractivity contribution in [3.63, 3.8) is 0 Å². The van der Waals surface area contributed by atoms with Gasteiger partial charge in [0.15, 0.2) is 5.92 Å². The van der Waals surface area contributed by atoms with Gasteiger partial charge in [-0.15, -0.1) is 0 Å². The Balaban J connectivity index is 2.92. The maximum atomic E-state index is 12.3. The Morgan fingerprint density at radius 1 is 1.00 bits per heavy atom. The van der Waals surface area contributed by atoms with Crippen LogP contribution in [0, 0.1) is 11.8 Å². The first-order chi connectivity index (χ1) is 7.14. The van der Waals surface area contributed by atoms with Crippen molar-refractivity contribution in [2.75, 3.05) is 0 Å². The molecular weight excluding hydrogens is 238 g/mol. The Kier molecular flexibility index (Phi) is 3.76. The Morgan fingerprint density at radius 3 is 1.88 bits per heavy atom. The zero-order valence-electron chi connectivity index (χ0n) is 8.20. The van der Waals surface area contributed by atoms with Crippen molar-refractivity contribution >= 4 is 0 Å². The standard InChI is InChI=1S/C9H11F6O/c10-8(11,12)7(9(13,14)15)5-3-1-2-4-6(5)16/h6-7,16H,1-4H2. The van der Waals surface area contributed by atoms with Crippen LogP contribution in [-0.2, 0) is 0 Å². The van der Waals surface area contributed by atoms with Gasteiger partial charge in [-0.3, -0.25) is 0 Å². The fraction of sp³-hybridized carbons (Fsp3) is 0.889. The van der Waals surface area contributed by atoms with Crippen molar-refractivity contribution in [2.45, 2.75) is 44.1 Å². The molecule has 1 saturated carbocycles. The minimum Gasteiger partial charge on any atom is -0.393 e. The lowest BCUT2D eigenvalue weighted by Crippen LogP contribution is -2.45. The van der Waals surface area contributed by atoms with E-state index < -0.39 is 30.3 Å². The Morgan fingerprint density at radius 2 is 1.50 bits per heavy atom. The third-order valence-electron chi connectivity index (χ3n) is 2.65. The maximum absolute atomic E-state index is 12.3. The van der Waals surface area contributed by atoms with Gasteiger partial charge in [0.1, 0.15) is 0 Å². The van der Waals surface area contributed by atoms with Crippen molar-refractivity contribution in [1.82, 2.24) is 0 Å². The molecule has 1 aliphatic rings. The topological polar surface area (TPSA) is 20.2 Å². The molecule has 0 bridgehead atoms. The summed E-state index contributed by atoms with van der Waals surface area (Å²) in [5.74, 6) is -4.33. The van der Waals surface area contributed by atoms with Crippen LogP contribution in [0.15, 0.2) is 0 Å². The summed E-state index contributed by atoms with van der Waals surface area (Å²) in [6.07, 6.45) is -12.0. The third kappa shape index (κ3) is 3.02. The minimum atomic E-state index is -5.38. The molecule has 1 fully saturated rings. The van der Waals surface area contributed by atoms with E-state index in [1.807, 2.05) is 0 Å². The fourth-order valence-corrected chi connectivity index (χ4v) is 1.96. The second-order valence-corrected chi connectivity index (χ2v) is 3.85. The number of rotatable bonds is 1. The summed E-state index contributed by atoms with van der Waals surface area (Å²) in [6, 6.07) is 0. The number of aliphatic hydroxyl groups is 1. The largest absolute Gasteiger partial charge is 0.401 e. The van der Waals surface area contributed by atoms with Crippen LogP contribution < -0.4 is 0 Å². The van der Waals surface area contributed by atoms with Gasteiger partial charge in [-0.1, -0.05) is 12.8 Å². The fourth-order valence-electron chi connectivity index (χ4n) is 1.96. The van der Waals surface area contributed by atoms with Gasteiger partial charge in [0, 0.05) is 5.92 Å². The highest BCUT2D eigenvalue weighted by molar-refractivity contribution is 5.09. The highest BCUT2D eigenvalue weighted by Gasteiger charge is 2.61. The summed E-state index contributed by atoms with van der Waals surface area (Å²) in [6.45, 7) is 0. The van der Waals surface area contributed by atoms with E-state index in [-0.39, 0.29) is 19.3 Å². The predicted molar refractivity (Wildman–Crippen MR) is 43.3 cm³/mol. The van der Waals surface area contributed by atoms with Gasteiger partial charge >= 0.3 is 12.4 Å². The van der Waals surface area contributed by atoms with E-state index in [2.05, 4.69) is 0 Å². The highest BCUT2D eigenvalue weighted by Crippen LogP contribution is 2.49. The first-order valence-electron chi connectivity index (χ1n) is 4.81. The van der Waals surface area contributed by atoms with Gasteiger partial charge in [-0.25, -0.2) is 0 Å². The molecule has 0 aliphatic heterocycles. The first kappa shape index (κ1) is 13.6. The average Bonchev–Trinajstić information content (AvgIpc) is 2.03. The van der Waals surface area contributed by atoms with E-state index in [1.165, 1.54) is 0 Å². The molecule has 7 heteroatoms. The Bertz CT molecular complexity index is 219. The molecule has 1 rings (SSSR count). The van der Waals surface area contributed by atoms with E-state index >= 15 is 0 Å². The monoisotopic (exact) mass is 249 g/mol. The predicted octanol–water partition coefficient (Wildman–Crippen LogP) is 3.24. The summed E-state index contributed by atoms with van der Waals surface area (Å²) >= 11 is 0. The summed E-state index contributed by atoms with van der Waals surface area (Å²) in [5.41, 5.74) is 0. The first-order valence-corrected chi connectivity index (χ1v) is 4.81. The smallest absolute Gasteiger partial charge is 0.393 e. The van der Waals surface area contributed by atoms with Crippen LogP contribution in [-0.4, -0.2) is 23.6 Å². The summed E-state index contributed by atoms with van der Waals surface area (Å²) in [5, 5.41) is 9.23. The van der Waals surface area contributed by atoms with Crippen molar-refractivity contribution in [2.24, 2.45) is 5.92 Å². The lowest BCUT2D eigenvalue weighted by molar-refractivity contribution is -0.283. The van der Waals surface area contributed by atoms with Gasteiger partial charge in [-0.05, 0) is 12.8 Å². The van der Waals surface area contributed by atoms with E-state index in [0.717, 1.165) is 0 Å². The van der Waals surface area contributed by atoms with Crippen LogP contribution in [0.25, 0.3) is 0 Å². The maximum Gasteiger partial charge on any atom is 0.401 e. The van der Waals surface area contributed by atoms with Crippen molar-refractivity contribution in [3.8, 4) is 0 Å². The highest BCUT2D eigenvalue weighted by atomic mass is 19.4. The number of hydrogen-bond donors (Lipinski definition) is 1. The van der Waals surface area contributed by atoms with Gasteiger partial charge in [0.25, 0.3) is 0 Å². The van der Waals surface area contributed by atoms with Crippen LogP contribution in [0.3, 0.4) is 0 Å². The van der Waals surface area contributed by atoms with E-state index in [1.54, 1.807) is 0 Å². The van der Waals surface area contributed by atoms with Gasteiger partial charge in [-0.2, -0.15) is 26.3 Å². The molecule has 95 valence electrons. The summed E-state index contributed by atoms with van der Waals surface area (Å²) in [4.78, 5) is 0. The van der Waals surface area contributed by atoms with Crippen LogP contribution in [0.1, 0.15) is 25.7 Å². The van der Waals surface area contributed by atoms with E-state index in [9.17, 15) is 31.4 Å². The van der Waals surface area contributed by atoms with Crippen LogP contribution in [0.2, 0.25) is 0 Å². The molecule has 0 saturated heterocycles.